The molecule has 0 saturated carbocycles. The Hall–Kier alpha value is -1.99. The van der Waals surface area contributed by atoms with E-state index >= 15 is 0 Å². The molecule has 0 atom stereocenters. The number of sulfone groups is 1. The molecule has 8 nitrogen and oxygen atoms in total. The first kappa shape index (κ1) is 21.7. The Labute approximate surface area is 166 Å². The molecule has 160 valence electrons. The molecule has 29 heavy (non-hydrogen) atoms. The Morgan fingerprint density at radius 2 is 1.66 bits per heavy atom. The molecule has 2 heterocycles. The van der Waals surface area contributed by atoms with E-state index in [1.54, 1.807) is 0 Å². The van der Waals surface area contributed by atoms with Crippen molar-refractivity contribution in [2.75, 3.05) is 13.1 Å². The van der Waals surface area contributed by atoms with Crippen LogP contribution in [0.15, 0.2) is 35.7 Å². The van der Waals surface area contributed by atoms with Crippen LogP contribution in [0.3, 0.4) is 0 Å². The Morgan fingerprint density at radius 3 is 2.14 bits per heavy atom. The number of hydrogen-bond donors (Lipinski definition) is 0. The smallest absolute Gasteiger partial charge is 0.308 e. The lowest BCUT2D eigenvalue weighted by Gasteiger charge is -2.30. The van der Waals surface area contributed by atoms with E-state index in [9.17, 15) is 30.0 Å². The quantitative estimate of drug-likeness (QED) is 0.683. The van der Waals surface area contributed by atoms with Crippen molar-refractivity contribution in [1.29, 1.82) is 0 Å². The number of rotatable bonds is 5. The first-order chi connectivity index (χ1) is 13.4. The van der Waals surface area contributed by atoms with Gasteiger partial charge in [0.2, 0.25) is 25.0 Å². The first-order valence-electron chi connectivity index (χ1n) is 8.63. The maximum atomic E-state index is 12.6. The fraction of sp³-hybridized carbons (Fsp3) is 0.500. The zero-order valence-electron chi connectivity index (χ0n) is 15.4. The average molecular weight is 452 g/mol. The van der Waals surface area contributed by atoms with Crippen LogP contribution in [0.5, 0.6) is 0 Å². The summed E-state index contributed by atoms with van der Waals surface area (Å²) in [5.74, 6) is -0.453. The Bertz CT molecular complexity index is 1070. The molecule has 2 aromatic rings. The minimum absolute atomic E-state index is 0.00468. The lowest BCUT2D eigenvalue weighted by molar-refractivity contribution is -0.137. The van der Waals surface area contributed by atoms with E-state index in [2.05, 4.69) is 10.2 Å². The second kappa shape index (κ2) is 7.69. The number of aryl methyl sites for hydroxylation is 1. The summed E-state index contributed by atoms with van der Waals surface area (Å²) < 4.78 is 90.8. The van der Waals surface area contributed by atoms with Crippen molar-refractivity contribution in [3.05, 3.63) is 41.7 Å². The monoisotopic (exact) mass is 452 g/mol. The van der Waals surface area contributed by atoms with Crippen LogP contribution in [0.1, 0.15) is 24.0 Å². The SMILES string of the molecule is Cn1cnnc1S(=O)(=O)C1CCN(S(=O)(=O)Cc2ccc(C(F)(F)F)cc2)CC1. The van der Waals surface area contributed by atoms with E-state index in [1.165, 1.54) is 22.2 Å². The van der Waals surface area contributed by atoms with Crippen LogP contribution < -0.4 is 0 Å². The molecule has 0 radical (unpaired) electrons. The molecule has 0 aliphatic carbocycles. The van der Waals surface area contributed by atoms with Gasteiger partial charge in [0.1, 0.15) is 6.33 Å². The molecule has 1 aliphatic heterocycles. The van der Waals surface area contributed by atoms with Crippen LogP contribution >= 0.6 is 0 Å². The summed E-state index contributed by atoms with van der Waals surface area (Å²) in [5, 5.41) is 6.25. The van der Waals surface area contributed by atoms with Gasteiger partial charge in [0, 0.05) is 20.1 Å². The number of nitrogens with zero attached hydrogens (tertiary/aromatic N) is 4. The Morgan fingerprint density at radius 1 is 1.07 bits per heavy atom. The molecule has 1 aliphatic rings. The fourth-order valence-electron chi connectivity index (χ4n) is 3.19. The van der Waals surface area contributed by atoms with E-state index in [1.807, 2.05) is 0 Å². The van der Waals surface area contributed by atoms with Gasteiger partial charge in [0.25, 0.3) is 0 Å². The van der Waals surface area contributed by atoms with Crippen LogP contribution in [0.2, 0.25) is 0 Å². The van der Waals surface area contributed by atoms with Crippen molar-refractivity contribution >= 4 is 19.9 Å². The summed E-state index contributed by atoms with van der Waals surface area (Å²) in [4.78, 5) is 0. The molecule has 0 N–H and O–H groups in total. The number of sulfonamides is 1. The van der Waals surface area contributed by atoms with Gasteiger partial charge in [-0.2, -0.15) is 13.2 Å². The van der Waals surface area contributed by atoms with Gasteiger partial charge in [-0.3, -0.25) is 0 Å². The molecule has 0 spiro atoms. The minimum atomic E-state index is -4.49. The largest absolute Gasteiger partial charge is 0.416 e. The molecule has 13 heteroatoms. The fourth-order valence-corrected chi connectivity index (χ4v) is 6.49. The van der Waals surface area contributed by atoms with Crippen molar-refractivity contribution < 1.29 is 30.0 Å². The van der Waals surface area contributed by atoms with Gasteiger partial charge < -0.3 is 4.57 Å². The van der Waals surface area contributed by atoms with Gasteiger partial charge in [-0.15, -0.1) is 10.2 Å². The lowest BCUT2D eigenvalue weighted by Crippen LogP contribution is -2.43. The number of hydrogen-bond acceptors (Lipinski definition) is 6. The van der Waals surface area contributed by atoms with E-state index in [-0.39, 0.29) is 36.7 Å². The summed E-state index contributed by atoms with van der Waals surface area (Å²) in [6.07, 6.45) is -3.02. The summed E-state index contributed by atoms with van der Waals surface area (Å²) in [6.45, 7) is 0.00936. The number of halogens is 3. The van der Waals surface area contributed by atoms with Crippen molar-refractivity contribution in [2.45, 2.75) is 35.2 Å². The molecule has 1 saturated heterocycles. The highest BCUT2D eigenvalue weighted by Gasteiger charge is 2.37. The highest BCUT2D eigenvalue weighted by atomic mass is 32.2. The van der Waals surface area contributed by atoms with Gasteiger partial charge in [0.15, 0.2) is 0 Å². The normalized spacial score (nSPS) is 17.5. The van der Waals surface area contributed by atoms with Crippen LogP contribution in [-0.4, -0.2) is 54.2 Å². The predicted molar refractivity (Wildman–Crippen MR) is 96.9 cm³/mol. The molecule has 0 amide bonds. The molecule has 3 rings (SSSR count). The van der Waals surface area contributed by atoms with Gasteiger partial charge in [-0.1, -0.05) is 12.1 Å². The Balaban J connectivity index is 1.66. The van der Waals surface area contributed by atoms with Crippen molar-refractivity contribution in [3.63, 3.8) is 0 Å². The van der Waals surface area contributed by atoms with E-state index in [0.29, 0.717) is 0 Å². The van der Waals surface area contributed by atoms with Crippen molar-refractivity contribution in [3.8, 4) is 0 Å². The zero-order valence-corrected chi connectivity index (χ0v) is 17.0. The molecule has 0 bridgehead atoms. The molecule has 0 unspecified atom stereocenters. The maximum absolute atomic E-state index is 12.6. The van der Waals surface area contributed by atoms with E-state index in [0.717, 1.165) is 24.3 Å². The third-order valence-electron chi connectivity index (χ3n) is 4.79. The number of alkyl halides is 3. The second-order valence-corrected chi connectivity index (χ2v) is 10.9. The van der Waals surface area contributed by atoms with E-state index in [4.69, 9.17) is 0 Å². The predicted octanol–water partition coefficient (Wildman–Crippen LogP) is 1.60. The molecule has 1 fully saturated rings. The van der Waals surface area contributed by atoms with Crippen molar-refractivity contribution in [2.24, 2.45) is 7.05 Å². The molecule has 1 aromatic heterocycles. The highest BCUT2D eigenvalue weighted by molar-refractivity contribution is 7.92. The third-order valence-corrected chi connectivity index (χ3v) is 8.87. The summed E-state index contributed by atoms with van der Waals surface area (Å²) >= 11 is 0. The summed E-state index contributed by atoms with van der Waals surface area (Å²) in [6, 6.07) is 3.94. The van der Waals surface area contributed by atoms with Gasteiger partial charge in [0.05, 0.1) is 16.6 Å². The third kappa shape index (κ3) is 4.61. The maximum Gasteiger partial charge on any atom is 0.416 e. The van der Waals surface area contributed by atoms with Gasteiger partial charge in [-0.05, 0) is 30.5 Å². The zero-order chi connectivity index (χ0) is 21.4. The number of piperidine rings is 1. The standard InChI is InChI=1S/C16H19F3N4O4S2/c1-22-11-20-21-15(22)29(26,27)14-6-8-23(9-7-14)28(24,25)10-12-2-4-13(5-3-12)16(17,18)19/h2-5,11,14H,6-10H2,1H3. The lowest BCUT2D eigenvalue weighted by atomic mass is 10.1. The first-order valence-corrected chi connectivity index (χ1v) is 11.8. The average Bonchev–Trinajstić information content (AvgIpc) is 3.08. The molecular formula is C16H19F3N4O4S2. The summed E-state index contributed by atoms with van der Waals surface area (Å²) in [7, 11) is -6.02. The number of benzene rings is 1. The van der Waals surface area contributed by atoms with Crippen molar-refractivity contribution in [1.82, 2.24) is 19.1 Å². The molecule has 1 aromatic carbocycles. The van der Waals surface area contributed by atoms with Gasteiger partial charge >= 0.3 is 6.18 Å². The highest BCUT2D eigenvalue weighted by Crippen LogP contribution is 2.30. The topological polar surface area (TPSA) is 102 Å². The minimum Gasteiger partial charge on any atom is -0.308 e. The van der Waals surface area contributed by atoms with Crippen LogP contribution in [-0.2, 0) is 38.8 Å². The van der Waals surface area contributed by atoms with Crippen LogP contribution in [0.25, 0.3) is 0 Å². The summed E-state index contributed by atoms with van der Waals surface area (Å²) in [5.41, 5.74) is -0.625. The second-order valence-electron chi connectivity index (χ2n) is 6.82. The molecular weight excluding hydrogens is 433 g/mol. The van der Waals surface area contributed by atoms with Gasteiger partial charge in [-0.25, -0.2) is 21.1 Å². The van der Waals surface area contributed by atoms with Crippen LogP contribution in [0, 0.1) is 0 Å². The Kier molecular flexibility index (Phi) is 5.75. The van der Waals surface area contributed by atoms with Crippen LogP contribution in [0.4, 0.5) is 13.2 Å². The van der Waals surface area contributed by atoms with E-state index < -0.39 is 42.6 Å². The number of aromatic nitrogens is 3.